The van der Waals surface area contributed by atoms with Crippen molar-refractivity contribution >= 4 is 21.6 Å². The summed E-state index contributed by atoms with van der Waals surface area (Å²) < 4.78 is 1.19. The van der Waals surface area contributed by atoms with Crippen molar-refractivity contribution in [3.63, 3.8) is 0 Å². The molecule has 2 N–H and O–H groups in total. The van der Waals surface area contributed by atoms with E-state index in [9.17, 15) is 0 Å². The Balaban J connectivity index is 2.01. The molecule has 2 rings (SSSR count). The van der Waals surface area contributed by atoms with Crippen molar-refractivity contribution in [3.8, 4) is 0 Å². The van der Waals surface area contributed by atoms with E-state index in [1.165, 1.54) is 28.6 Å². The smallest absolute Gasteiger partial charge is 0.0377 e. The van der Waals surface area contributed by atoms with E-state index in [0.717, 1.165) is 25.6 Å². The summed E-state index contributed by atoms with van der Waals surface area (Å²) in [5.41, 5.74) is 8.24. The molecule has 0 saturated carbocycles. The lowest BCUT2D eigenvalue weighted by Crippen LogP contribution is -2.42. The number of benzene rings is 1. The van der Waals surface area contributed by atoms with Crippen LogP contribution >= 0.6 is 15.9 Å². The topological polar surface area (TPSA) is 32.5 Å². The predicted octanol–water partition coefficient (Wildman–Crippen LogP) is 2.48. The van der Waals surface area contributed by atoms with Crippen LogP contribution in [0.5, 0.6) is 0 Å². The second-order valence-electron chi connectivity index (χ2n) is 5.50. The van der Waals surface area contributed by atoms with E-state index in [1.807, 2.05) is 0 Å². The minimum absolute atomic E-state index is 0.701. The maximum absolute atomic E-state index is 5.62. The second kappa shape index (κ2) is 6.73. The third kappa shape index (κ3) is 3.71. The van der Waals surface area contributed by atoms with Crippen LogP contribution in [0.3, 0.4) is 0 Å². The first-order valence-corrected chi connectivity index (χ1v) is 7.81. The van der Waals surface area contributed by atoms with Gasteiger partial charge in [0.2, 0.25) is 0 Å². The van der Waals surface area contributed by atoms with E-state index in [-0.39, 0.29) is 0 Å². The number of anilines is 1. The molecule has 1 aromatic rings. The highest BCUT2D eigenvalue weighted by Gasteiger charge is 2.20. The van der Waals surface area contributed by atoms with Crippen molar-refractivity contribution in [2.45, 2.75) is 25.3 Å². The normalized spacial score (nSPS) is 17.2. The van der Waals surface area contributed by atoms with Gasteiger partial charge in [-0.3, -0.25) is 0 Å². The number of hydrogen-bond donors (Lipinski definition) is 1. The van der Waals surface area contributed by atoms with Gasteiger partial charge < -0.3 is 15.5 Å². The summed E-state index contributed by atoms with van der Waals surface area (Å²) in [5.74, 6) is 0. The maximum atomic E-state index is 5.62. The van der Waals surface area contributed by atoms with Gasteiger partial charge >= 0.3 is 0 Å². The zero-order valence-electron chi connectivity index (χ0n) is 11.9. The molecule has 0 unspecified atom stereocenters. The van der Waals surface area contributed by atoms with Gasteiger partial charge in [-0.05, 0) is 57.6 Å². The van der Waals surface area contributed by atoms with E-state index in [1.54, 1.807) is 0 Å². The van der Waals surface area contributed by atoms with Crippen molar-refractivity contribution in [2.75, 3.05) is 38.6 Å². The van der Waals surface area contributed by atoms with E-state index in [4.69, 9.17) is 5.73 Å². The van der Waals surface area contributed by atoms with Crippen LogP contribution in [0.4, 0.5) is 5.69 Å². The van der Waals surface area contributed by atoms with E-state index < -0.39 is 0 Å². The molecule has 1 saturated heterocycles. The third-order valence-corrected chi connectivity index (χ3v) is 4.75. The number of halogens is 1. The summed E-state index contributed by atoms with van der Waals surface area (Å²) >= 11 is 3.66. The Kier molecular flexibility index (Phi) is 5.25. The first kappa shape index (κ1) is 14.8. The third-order valence-electron chi connectivity index (χ3n) is 4.01. The van der Waals surface area contributed by atoms with Crippen LogP contribution in [0.2, 0.25) is 0 Å². The van der Waals surface area contributed by atoms with Gasteiger partial charge in [0.25, 0.3) is 0 Å². The van der Waals surface area contributed by atoms with Gasteiger partial charge in [-0.25, -0.2) is 0 Å². The number of nitrogens with zero attached hydrogens (tertiary/aromatic N) is 2. The average Bonchev–Trinajstić information content (AvgIpc) is 2.41. The van der Waals surface area contributed by atoms with Crippen LogP contribution in [-0.2, 0) is 6.42 Å². The summed E-state index contributed by atoms with van der Waals surface area (Å²) in [7, 11) is 4.36. The molecule has 1 aliphatic rings. The largest absolute Gasteiger partial charge is 0.371 e. The Hall–Kier alpha value is -0.580. The fourth-order valence-corrected chi connectivity index (χ4v) is 3.30. The molecule has 1 aliphatic heterocycles. The van der Waals surface area contributed by atoms with Gasteiger partial charge in [0.15, 0.2) is 0 Å². The second-order valence-corrected chi connectivity index (χ2v) is 6.35. The van der Waals surface area contributed by atoms with Crippen molar-refractivity contribution in [3.05, 3.63) is 28.2 Å². The van der Waals surface area contributed by atoms with Crippen LogP contribution in [0.25, 0.3) is 0 Å². The fourth-order valence-electron chi connectivity index (χ4n) is 2.73. The summed E-state index contributed by atoms with van der Waals surface area (Å²) in [4.78, 5) is 4.83. The molecule has 0 atom stereocenters. The summed E-state index contributed by atoms with van der Waals surface area (Å²) in [5, 5.41) is 0. The first-order valence-electron chi connectivity index (χ1n) is 7.01. The van der Waals surface area contributed by atoms with Gasteiger partial charge in [0, 0.05) is 29.3 Å². The molecule has 3 nitrogen and oxygen atoms in total. The molecule has 1 aromatic carbocycles. The minimum Gasteiger partial charge on any atom is -0.371 e. The van der Waals surface area contributed by atoms with Gasteiger partial charge in [0.1, 0.15) is 0 Å². The minimum atomic E-state index is 0.701. The molecular formula is C15H24BrN3. The Labute approximate surface area is 124 Å². The van der Waals surface area contributed by atoms with E-state index in [2.05, 4.69) is 58.0 Å². The number of nitrogens with two attached hydrogens (primary N) is 1. The van der Waals surface area contributed by atoms with Gasteiger partial charge in [0.05, 0.1) is 0 Å². The Bertz CT molecular complexity index is 412. The molecular weight excluding hydrogens is 302 g/mol. The lowest BCUT2D eigenvalue weighted by molar-refractivity contribution is 0.249. The number of hydrogen-bond acceptors (Lipinski definition) is 3. The summed E-state index contributed by atoms with van der Waals surface area (Å²) in [6.07, 6.45) is 3.42. The average molecular weight is 326 g/mol. The van der Waals surface area contributed by atoms with Crippen LogP contribution < -0.4 is 10.6 Å². The molecule has 4 heteroatoms. The molecule has 0 spiro atoms. The van der Waals surface area contributed by atoms with Gasteiger partial charge in [-0.15, -0.1) is 0 Å². The highest BCUT2D eigenvalue weighted by molar-refractivity contribution is 9.10. The predicted molar refractivity (Wildman–Crippen MR) is 85.8 cm³/mol. The Morgan fingerprint density at radius 3 is 2.53 bits per heavy atom. The monoisotopic (exact) mass is 325 g/mol. The van der Waals surface area contributed by atoms with E-state index >= 15 is 0 Å². The maximum Gasteiger partial charge on any atom is 0.0377 e. The quantitative estimate of drug-likeness (QED) is 0.923. The van der Waals surface area contributed by atoms with Gasteiger partial charge in [-0.1, -0.05) is 22.0 Å². The van der Waals surface area contributed by atoms with E-state index in [0.29, 0.717) is 6.54 Å². The molecule has 1 heterocycles. The highest BCUT2D eigenvalue weighted by atomic mass is 79.9. The molecule has 106 valence electrons. The van der Waals surface area contributed by atoms with Crippen LogP contribution in [0.15, 0.2) is 22.7 Å². The highest BCUT2D eigenvalue weighted by Crippen LogP contribution is 2.27. The van der Waals surface area contributed by atoms with Crippen molar-refractivity contribution in [1.82, 2.24) is 4.90 Å². The first-order chi connectivity index (χ1) is 9.11. The fraction of sp³-hybridized carbons (Fsp3) is 0.600. The SMILES string of the molecule is CN(C)C1CCN(c2ccc(CCN)c(Br)c2)CC1. The molecule has 19 heavy (non-hydrogen) atoms. The molecule has 1 fully saturated rings. The van der Waals surface area contributed by atoms with Crippen molar-refractivity contribution in [1.29, 1.82) is 0 Å². The summed E-state index contributed by atoms with van der Waals surface area (Å²) in [6, 6.07) is 7.40. The zero-order chi connectivity index (χ0) is 13.8. The lowest BCUT2D eigenvalue weighted by Gasteiger charge is -2.36. The molecule has 0 aliphatic carbocycles. The van der Waals surface area contributed by atoms with Gasteiger partial charge in [-0.2, -0.15) is 0 Å². The summed E-state index contributed by atoms with van der Waals surface area (Å²) in [6.45, 7) is 2.99. The van der Waals surface area contributed by atoms with Crippen molar-refractivity contribution < 1.29 is 0 Å². The molecule has 0 amide bonds. The molecule has 0 radical (unpaired) electrons. The number of piperidine rings is 1. The van der Waals surface area contributed by atoms with Crippen molar-refractivity contribution in [2.24, 2.45) is 5.73 Å². The standard InChI is InChI=1S/C15H24BrN3/c1-18(2)13-6-9-19(10-7-13)14-4-3-12(5-8-17)15(16)11-14/h3-4,11,13H,5-10,17H2,1-2H3. The Morgan fingerprint density at radius 2 is 2.00 bits per heavy atom. The van der Waals surface area contributed by atoms with Crippen LogP contribution in [0, 0.1) is 0 Å². The molecule has 0 bridgehead atoms. The van der Waals surface area contributed by atoms with Crippen LogP contribution in [0.1, 0.15) is 18.4 Å². The Morgan fingerprint density at radius 1 is 1.32 bits per heavy atom. The number of rotatable bonds is 4. The lowest BCUT2D eigenvalue weighted by atomic mass is 10.0. The van der Waals surface area contributed by atoms with Crippen LogP contribution in [-0.4, -0.2) is 44.7 Å². The molecule has 0 aromatic heterocycles. The zero-order valence-corrected chi connectivity index (χ0v) is 13.5.